The Morgan fingerprint density at radius 2 is 2.00 bits per heavy atom. The topological polar surface area (TPSA) is 121 Å². The second kappa shape index (κ2) is 4.07. The first-order chi connectivity index (χ1) is 6.93. The van der Waals surface area contributed by atoms with Gasteiger partial charge in [-0.15, -0.1) is 0 Å². The molecule has 0 unspecified atom stereocenters. The van der Waals surface area contributed by atoms with Crippen LogP contribution >= 0.6 is 0 Å². The number of aromatic carboxylic acids is 1. The molecule has 0 saturated carbocycles. The number of nitrogens with zero attached hydrogens (tertiary/aromatic N) is 1. The molecule has 0 fully saturated rings. The first-order valence-corrected chi connectivity index (χ1v) is 3.81. The zero-order chi connectivity index (χ0) is 11.6. The van der Waals surface area contributed by atoms with Crippen LogP contribution in [0.2, 0.25) is 0 Å². The van der Waals surface area contributed by atoms with Crippen LogP contribution in [0.3, 0.4) is 0 Å². The minimum Gasteiger partial charge on any atom is -0.478 e. The number of carboxylic acid groups (broad SMARTS) is 1. The van der Waals surface area contributed by atoms with Gasteiger partial charge in [0.1, 0.15) is 0 Å². The molecule has 1 aromatic carbocycles. The van der Waals surface area contributed by atoms with Crippen LogP contribution < -0.4 is 5.46 Å². The summed E-state index contributed by atoms with van der Waals surface area (Å²) >= 11 is 0. The van der Waals surface area contributed by atoms with Crippen molar-refractivity contribution in [2.24, 2.45) is 0 Å². The van der Waals surface area contributed by atoms with E-state index in [0.29, 0.717) is 0 Å². The Morgan fingerprint density at radius 3 is 2.40 bits per heavy atom. The number of carboxylic acids is 1. The Morgan fingerprint density at radius 1 is 1.40 bits per heavy atom. The van der Waals surface area contributed by atoms with Crippen molar-refractivity contribution in [3.8, 4) is 0 Å². The molecule has 0 atom stereocenters. The van der Waals surface area contributed by atoms with Gasteiger partial charge in [0.2, 0.25) is 0 Å². The van der Waals surface area contributed by atoms with Gasteiger partial charge in [0, 0.05) is 6.07 Å². The van der Waals surface area contributed by atoms with Crippen LogP contribution in [0, 0.1) is 10.1 Å². The fraction of sp³-hybridized carbons (Fsp3) is 0. The van der Waals surface area contributed by atoms with Crippen LogP contribution in [-0.2, 0) is 0 Å². The fourth-order valence-electron chi connectivity index (χ4n) is 1.06. The van der Waals surface area contributed by atoms with Gasteiger partial charge in [-0.25, -0.2) is 4.79 Å². The van der Waals surface area contributed by atoms with Gasteiger partial charge in [-0.05, 0) is 12.1 Å². The summed E-state index contributed by atoms with van der Waals surface area (Å²) in [5.74, 6) is -1.30. The third-order valence-corrected chi connectivity index (χ3v) is 1.75. The summed E-state index contributed by atoms with van der Waals surface area (Å²) in [6.07, 6.45) is 0. The molecule has 0 heterocycles. The third kappa shape index (κ3) is 2.30. The number of carbonyl (C=O) groups is 1. The number of nitro groups is 1. The molecule has 0 spiro atoms. The van der Waals surface area contributed by atoms with E-state index in [1.807, 2.05) is 0 Å². The molecule has 0 radical (unpaired) electrons. The van der Waals surface area contributed by atoms with Crippen molar-refractivity contribution in [2.75, 3.05) is 0 Å². The quantitative estimate of drug-likeness (QED) is 0.334. The maximum absolute atomic E-state index is 10.5. The first kappa shape index (κ1) is 11.2. The summed E-state index contributed by atoms with van der Waals surface area (Å²) < 4.78 is 0. The molecule has 0 bridgehead atoms. The van der Waals surface area contributed by atoms with Crippen LogP contribution in [-0.4, -0.2) is 33.2 Å². The van der Waals surface area contributed by atoms with Gasteiger partial charge in [0.25, 0.3) is 5.69 Å². The Balaban J connectivity index is 3.33. The standard InChI is InChI=1S/C7H6BNO6/c10-7(11)4-1-2-6(9(14)15)5(3-4)8(12)13/h1-3,12-13H,(H,10,11). The largest absolute Gasteiger partial charge is 0.495 e. The number of nitro benzene ring substituents is 1. The maximum atomic E-state index is 10.5. The van der Waals surface area contributed by atoms with Crippen LogP contribution in [0.15, 0.2) is 18.2 Å². The van der Waals surface area contributed by atoms with Crippen LogP contribution in [0.4, 0.5) is 5.69 Å². The van der Waals surface area contributed by atoms with Gasteiger partial charge in [-0.2, -0.15) is 0 Å². The van der Waals surface area contributed by atoms with E-state index in [-0.39, 0.29) is 5.56 Å². The molecule has 0 aliphatic heterocycles. The molecule has 0 aromatic heterocycles. The summed E-state index contributed by atoms with van der Waals surface area (Å²) in [4.78, 5) is 20.1. The second-order valence-electron chi connectivity index (χ2n) is 2.71. The maximum Gasteiger partial charge on any atom is 0.495 e. The molecule has 1 rings (SSSR count). The molecular formula is C7H6BNO6. The average Bonchev–Trinajstić information content (AvgIpc) is 2.16. The summed E-state index contributed by atoms with van der Waals surface area (Å²) in [5, 5.41) is 36.7. The third-order valence-electron chi connectivity index (χ3n) is 1.75. The van der Waals surface area contributed by atoms with Gasteiger partial charge in [0.05, 0.1) is 15.9 Å². The van der Waals surface area contributed by atoms with Crippen LogP contribution in [0.5, 0.6) is 0 Å². The van der Waals surface area contributed by atoms with Crippen molar-refractivity contribution >= 4 is 24.2 Å². The number of hydrogen-bond acceptors (Lipinski definition) is 5. The molecule has 15 heavy (non-hydrogen) atoms. The number of rotatable bonds is 3. The first-order valence-electron chi connectivity index (χ1n) is 3.81. The molecule has 3 N–H and O–H groups in total. The molecular weight excluding hydrogens is 205 g/mol. The predicted octanol–water partition coefficient (Wildman–Crippen LogP) is -1.03. The highest BCUT2D eigenvalue weighted by molar-refractivity contribution is 6.60. The smallest absolute Gasteiger partial charge is 0.478 e. The Bertz CT molecular complexity index is 418. The Labute approximate surface area is 83.9 Å². The number of benzene rings is 1. The van der Waals surface area contributed by atoms with E-state index in [1.165, 1.54) is 0 Å². The minimum atomic E-state index is -2.08. The number of hydrogen-bond donors (Lipinski definition) is 3. The van der Waals surface area contributed by atoms with Gasteiger partial charge >= 0.3 is 13.1 Å². The van der Waals surface area contributed by atoms with Crippen molar-refractivity contribution in [2.45, 2.75) is 0 Å². The molecule has 0 amide bonds. The molecule has 7 nitrogen and oxygen atoms in total. The van der Waals surface area contributed by atoms with Crippen molar-refractivity contribution in [3.05, 3.63) is 33.9 Å². The molecule has 0 aliphatic rings. The average molecular weight is 211 g/mol. The molecule has 78 valence electrons. The molecule has 0 saturated heterocycles. The lowest BCUT2D eigenvalue weighted by molar-refractivity contribution is -0.383. The van der Waals surface area contributed by atoms with E-state index >= 15 is 0 Å². The summed E-state index contributed by atoms with van der Waals surface area (Å²) in [5.41, 5.74) is -1.22. The SMILES string of the molecule is O=C(O)c1ccc([N+](=O)[O-])c(B(O)O)c1. The highest BCUT2D eigenvalue weighted by atomic mass is 16.6. The van der Waals surface area contributed by atoms with Crippen molar-refractivity contribution in [1.29, 1.82) is 0 Å². The Hall–Kier alpha value is -1.93. The van der Waals surface area contributed by atoms with Gasteiger partial charge in [0.15, 0.2) is 0 Å². The molecule has 8 heteroatoms. The molecule has 0 aliphatic carbocycles. The van der Waals surface area contributed by atoms with E-state index < -0.39 is 29.2 Å². The zero-order valence-corrected chi connectivity index (χ0v) is 7.32. The van der Waals surface area contributed by atoms with Crippen molar-refractivity contribution < 1.29 is 24.9 Å². The van der Waals surface area contributed by atoms with E-state index in [1.54, 1.807) is 0 Å². The lowest BCUT2D eigenvalue weighted by atomic mass is 9.78. The van der Waals surface area contributed by atoms with E-state index in [4.69, 9.17) is 15.2 Å². The van der Waals surface area contributed by atoms with Crippen LogP contribution in [0.25, 0.3) is 0 Å². The lowest BCUT2D eigenvalue weighted by Crippen LogP contribution is -2.32. The minimum absolute atomic E-state index is 0.247. The van der Waals surface area contributed by atoms with Gasteiger partial charge in [-0.3, -0.25) is 10.1 Å². The summed E-state index contributed by atoms with van der Waals surface area (Å²) in [7, 11) is -2.08. The zero-order valence-electron chi connectivity index (χ0n) is 7.32. The van der Waals surface area contributed by atoms with E-state index in [0.717, 1.165) is 18.2 Å². The van der Waals surface area contributed by atoms with Crippen molar-refractivity contribution in [1.82, 2.24) is 0 Å². The van der Waals surface area contributed by atoms with E-state index in [9.17, 15) is 14.9 Å². The van der Waals surface area contributed by atoms with Gasteiger partial charge < -0.3 is 15.2 Å². The van der Waals surface area contributed by atoms with Crippen LogP contribution in [0.1, 0.15) is 10.4 Å². The van der Waals surface area contributed by atoms with E-state index in [2.05, 4.69) is 0 Å². The molecule has 1 aromatic rings. The second-order valence-corrected chi connectivity index (χ2v) is 2.71. The summed E-state index contributed by atoms with van der Waals surface area (Å²) in [6.45, 7) is 0. The predicted molar refractivity (Wildman–Crippen MR) is 49.9 cm³/mol. The Kier molecular flexibility index (Phi) is 3.03. The fourth-order valence-corrected chi connectivity index (χ4v) is 1.06. The summed E-state index contributed by atoms with van der Waals surface area (Å²) in [6, 6.07) is 2.79. The normalized spacial score (nSPS) is 9.73. The van der Waals surface area contributed by atoms with Crippen molar-refractivity contribution in [3.63, 3.8) is 0 Å². The van der Waals surface area contributed by atoms with Gasteiger partial charge in [-0.1, -0.05) is 0 Å². The highest BCUT2D eigenvalue weighted by Crippen LogP contribution is 2.10. The lowest BCUT2D eigenvalue weighted by Gasteiger charge is -2.02. The monoisotopic (exact) mass is 211 g/mol. The highest BCUT2D eigenvalue weighted by Gasteiger charge is 2.25.